The number of hydrogen-bond donors (Lipinski definition) is 0. The SMILES string of the molecule is C=C=C/C1=C(\C=NC)CN=c2cnccc2=NC(=C)S1. The molecule has 20 heavy (non-hydrogen) atoms. The lowest BCUT2D eigenvalue weighted by atomic mass is 10.2. The van der Waals surface area contributed by atoms with Crippen molar-refractivity contribution in [3.8, 4) is 0 Å². The second-order valence-electron chi connectivity index (χ2n) is 3.91. The van der Waals surface area contributed by atoms with Gasteiger partial charge in [-0.25, -0.2) is 4.99 Å². The third-order valence-electron chi connectivity index (χ3n) is 2.50. The molecule has 0 radical (unpaired) electrons. The summed E-state index contributed by atoms with van der Waals surface area (Å²) < 4.78 is 0. The minimum atomic E-state index is 0.499. The second-order valence-corrected chi connectivity index (χ2v) is 5.03. The Bertz CT molecular complexity index is 752. The summed E-state index contributed by atoms with van der Waals surface area (Å²) in [6.45, 7) is 8.09. The molecule has 1 aliphatic heterocycles. The molecule has 2 rings (SSSR count). The molecule has 0 bridgehead atoms. The maximum absolute atomic E-state index is 4.55. The van der Waals surface area contributed by atoms with Crippen LogP contribution in [0.5, 0.6) is 0 Å². The van der Waals surface area contributed by atoms with E-state index in [4.69, 9.17) is 0 Å². The van der Waals surface area contributed by atoms with Gasteiger partial charge in [-0.3, -0.25) is 15.0 Å². The maximum atomic E-state index is 4.55. The summed E-state index contributed by atoms with van der Waals surface area (Å²) >= 11 is 1.46. The van der Waals surface area contributed by atoms with Crippen molar-refractivity contribution < 1.29 is 0 Å². The van der Waals surface area contributed by atoms with Crippen LogP contribution in [0.1, 0.15) is 0 Å². The van der Waals surface area contributed by atoms with Gasteiger partial charge in [-0.15, -0.1) is 5.73 Å². The van der Waals surface area contributed by atoms with Gasteiger partial charge in [0.15, 0.2) is 0 Å². The molecule has 5 heteroatoms. The zero-order valence-corrected chi connectivity index (χ0v) is 12.0. The lowest BCUT2D eigenvalue weighted by Gasteiger charge is -2.04. The van der Waals surface area contributed by atoms with Gasteiger partial charge in [0, 0.05) is 29.9 Å². The number of thioether (sulfide) groups is 1. The maximum Gasteiger partial charge on any atom is 0.102 e. The van der Waals surface area contributed by atoms with Crippen LogP contribution in [0, 0.1) is 0 Å². The summed E-state index contributed by atoms with van der Waals surface area (Å²) in [5.41, 5.74) is 3.76. The third kappa shape index (κ3) is 3.41. The summed E-state index contributed by atoms with van der Waals surface area (Å²) in [5.74, 6) is 0. The van der Waals surface area contributed by atoms with Crippen LogP contribution in [-0.2, 0) is 0 Å². The predicted molar refractivity (Wildman–Crippen MR) is 83.3 cm³/mol. The molecule has 1 aromatic rings. The first-order chi connectivity index (χ1) is 9.74. The van der Waals surface area contributed by atoms with Gasteiger partial charge >= 0.3 is 0 Å². The molecule has 0 saturated carbocycles. The van der Waals surface area contributed by atoms with Crippen molar-refractivity contribution in [2.45, 2.75) is 0 Å². The van der Waals surface area contributed by atoms with E-state index in [1.807, 2.05) is 6.07 Å². The van der Waals surface area contributed by atoms with Crippen LogP contribution in [0.4, 0.5) is 0 Å². The van der Waals surface area contributed by atoms with Crippen LogP contribution in [-0.4, -0.2) is 24.8 Å². The van der Waals surface area contributed by atoms with Gasteiger partial charge in [0.2, 0.25) is 0 Å². The number of pyridine rings is 1. The first kappa shape index (κ1) is 14.2. The van der Waals surface area contributed by atoms with E-state index < -0.39 is 0 Å². The Balaban J connectivity index is 2.64. The Morgan fingerprint density at radius 2 is 2.30 bits per heavy atom. The lowest BCUT2D eigenvalue weighted by Crippen LogP contribution is -2.25. The zero-order valence-electron chi connectivity index (χ0n) is 11.2. The zero-order chi connectivity index (χ0) is 14.4. The van der Waals surface area contributed by atoms with Gasteiger partial charge in [0.1, 0.15) is 5.36 Å². The molecule has 0 atom stereocenters. The minimum absolute atomic E-state index is 0.499. The number of rotatable bonds is 2. The Morgan fingerprint density at radius 3 is 3.05 bits per heavy atom. The molecule has 0 aliphatic carbocycles. The van der Waals surface area contributed by atoms with E-state index >= 15 is 0 Å². The summed E-state index contributed by atoms with van der Waals surface area (Å²) in [6.07, 6.45) is 6.98. The first-order valence-corrected chi connectivity index (χ1v) is 6.77. The van der Waals surface area contributed by atoms with Crippen molar-refractivity contribution in [1.82, 2.24) is 4.98 Å². The highest BCUT2D eigenvalue weighted by Crippen LogP contribution is 2.28. The smallest absolute Gasteiger partial charge is 0.102 e. The Hall–Kier alpha value is -2.23. The topological polar surface area (TPSA) is 50.0 Å². The normalized spacial score (nSPS) is 18.9. The average molecular weight is 282 g/mol. The van der Waals surface area contributed by atoms with Crippen molar-refractivity contribution in [1.29, 1.82) is 0 Å². The Kier molecular flexibility index (Phi) is 4.82. The van der Waals surface area contributed by atoms with Gasteiger partial charge < -0.3 is 0 Å². The van der Waals surface area contributed by atoms with E-state index in [9.17, 15) is 0 Å². The number of fused-ring (bicyclic) bond motifs is 1. The van der Waals surface area contributed by atoms with E-state index in [0.29, 0.717) is 11.6 Å². The van der Waals surface area contributed by atoms with Crippen LogP contribution < -0.4 is 10.7 Å². The summed E-state index contributed by atoms with van der Waals surface area (Å²) in [5, 5.41) is 2.20. The molecule has 4 nitrogen and oxygen atoms in total. The molecule has 0 saturated heterocycles. The minimum Gasteiger partial charge on any atom is -0.296 e. The molecule has 0 unspecified atom stereocenters. The fourth-order valence-electron chi connectivity index (χ4n) is 1.67. The van der Waals surface area contributed by atoms with Gasteiger partial charge in [-0.2, -0.15) is 0 Å². The van der Waals surface area contributed by atoms with Crippen LogP contribution in [0.25, 0.3) is 0 Å². The Labute approximate surface area is 121 Å². The summed E-state index contributed by atoms with van der Waals surface area (Å²) in [4.78, 5) is 18.1. The molecule has 0 amide bonds. The fraction of sp³-hybridized carbons (Fsp3) is 0.133. The summed E-state index contributed by atoms with van der Waals surface area (Å²) in [6, 6.07) is 1.83. The van der Waals surface area contributed by atoms with E-state index in [0.717, 1.165) is 21.2 Å². The molecule has 2 heterocycles. The van der Waals surface area contributed by atoms with Gasteiger partial charge in [0.05, 0.1) is 23.1 Å². The monoisotopic (exact) mass is 282 g/mol. The summed E-state index contributed by atoms with van der Waals surface area (Å²) in [7, 11) is 1.73. The molecule has 1 aromatic heterocycles. The van der Waals surface area contributed by atoms with Gasteiger partial charge in [-0.05, 0) is 12.1 Å². The number of nitrogens with zero attached hydrogens (tertiary/aromatic N) is 4. The average Bonchev–Trinajstić information content (AvgIpc) is 2.49. The molecule has 100 valence electrons. The largest absolute Gasteiger partial charge is 0.296 e. The van der Waals surface area contributed by atoms with Crippen molar-refractivity contribution in [2.24, 2.45) is 15.0 Å². The van der Waals surface area contributed by atoms with Crippen LogP contribution >= 0.6 is 11.8 Å². The fourth-order valence-corrected chi connectivity index (χ4v) is 2.46. The molecule has 0 aromatic carbocycles. The van der Waals surface area contributed by atoms with Crippen molar-refractivity contribution in [2.75, 3.05) is 13.6 Å². The van der Waals surface area contributed by atoms with Crippen molar-refractivity contribution in [3.63, 3.8) is 0 Å². The first-order valence-electron chi connectivity index (χ1n) is 5.95. The highest BCUT2D eigenvalue weighted by molar-refractivity contribution is 8.06. The number of aromatic nitrogens is 1. The van der Waals surface area contributed by atoms with E-state index in [2.05, 4.69) is 38.9 Å². The molecular formula is C15H14N4S. The lowest BCUT2D eigenvalue weighted by molar-refractivity contribution is 1.06. The van der Waals surface area contributed by atoms with Gasteiger partial charge in [0.25, 0.3) is 0 Å². The van der Waals surface area contributed by atoms with E-state index in [1.54, 1.807) is 31.7 Å². The molecule has 0 spiro atoms. The number of hydrogen-bond acceptors (Lipinski definition) is 5. The Morgan fingerprint density at radius 1 is 1.45 bits per heavy atom. The van der Waals surface area contributed by atoms with Gasteiger partial charge in [-0.1, -0.05) is 24.9 Å². The molecule has 0 fully saturated rings. The third-order valence-corrected chi connectivity index (χ3v) is 3.43. The van der Waals surface area contributed by atoms with Crippen molar-refractivity contribution in [3.05, 3.63) is 69.6 Å². The van der Waals surface area contributed by atoms with Crippen molar-refractivity contribution >= 4 is 18.0 Å². The predicted octanol–water partition coefficient (Wildman–Crippen LogP) is 1.83. The molecular weight excluding hydrogens is 268 g/mol. The highest BCUT2D eigenvalue weighted by Gasteiger charge is 2.07. The van der Waals surface area contributed by atoms with Crippen LogP contribution in [0.15, 0.2) is 73.9 Å². The van der Waals surface area contributed by atoms with E-state index in [1.165, 1.54) is 11.8 Å². The van der Waals surface area contributed by atoms with E-state index in [-0.39, 0.29) is 0 Å². The molecule has 1 aliphatic rings. The van der Waals surface area contributed by atoms with Crippen LogP contribution in [0.3, 0.4) is 0 Å². The standard InChI is InChI=1S/C15H14N4S/c1-4-5-15-12(8-16-3)9-18-14-10-17-7-6-13(14)19-11(2)20-15/h5-8,10H,1-2,9H2,3H3/b15-12-,16-8?,18-14?,19-13?. The second kappa shape index (κ2) is 6.80. The number of aliphatic imine (C=N–C) groups is 1. The highest BCUT2D eigenvalue weighted by atomic mass is 32.2. The van der Waals surface area contributed by atoms with Crippen LogP contribution in [0.2, 0.25) is 0 Å². The number of allylic oxidation sites excluding steroid dienone is 1. The molecule has 0 N–H and O–H groups in total. The quantitative estimate of drug-likeness (QED) is 0.614.